The van der Waals surface area contributed by atoms with Crippen molar-refractivity contribution in [3.63, 3.8) is 0 Å². The first kappa shape index (κ1) is 20.8. The lowest BCUT2D eigenvalue weighted by atomic mass is 9.80. The van der Waals surface area contributed by atoms with Crippen LogP contribution in [0.15, 0.2) is 18.2 Å². The second-order valence-corrected chi connectivity index (χ2v) is 10.1. The molecule has 2 saturated heterocycles. The van der Waals surface area contributed by atoms with Gasteiger partial charge < -0.3 is 26.6 Å². The summed E-state index contributed by atoms with van der Waals surface area (Å²) in [5.74, 6) is 1.15. The van der Waals surface area contributed by atoms with Crippen molar-refractivity contribution in [1.29, 1.82) is 0 Å². The number of carbonyl (C=O) groups is 2. The highest BCUT2D eigenvalue weighted by atomic mass is 16.2. The van der Waals surface area contributed by atoms with Crippen LogP contribution in [0.25, 0.3) is 0 Å². The highest BCUT2D eigenvalue weighted by Gasteiger charge is 2.44. The second kappa shape index (κ2) is 8.43. The summed E-state index contributed by atoms with van der Waals surface area (Å²) in [6.45, 7) is 6.74. The Kier molecular flexibility index (Phi) is 5.65. The van der Waals surface area contributed by atoms with Gasteiger partial charge in [-0.05, 0) is 49.1 Å². The van der Waals surface area contributed by atoms with Crippen molar-refractivity contribution in [2.75, 3.05) is 25.0 Å². The van der Waals surface area contributed by atoms with Gasteiger partial charge in [0.1, 0.15) is 6.04 Å². The number of piperidine rings is 1. The molecule has 1 saturated carbocycles. The molecule has 0 aromatic heterocycles. The van der Waals surface area contributed by atoms with E-state index in [1.807, 2.05) is 0 Å². The van der Waals surface area contributed by atoms with Crippen LogP contribution in [0.5, 0.6) is 0 Å². The SMILES string of the molecule is Cc1cccc2c1NC(C(=O)NC(C1CC1)C1NCC(C(=O)NC3CNC3)CC1C)C2. The van der Waals surface area contributed by atoms with E-state index in [-0.39, 0.29) is 41.9 Å². The van der Waals surface area contributed by atoms with Crippen LogP contribution in [0.2, 0.25) is 0 Å². The molecular weight excluding hydrogens is 390 g/mol. The maximum Gasteiger partial charge on any atom is 0.243 e. The molecule has 0 spiro atoms. The van der Waals surface area contributed by atoms with Crippen molar-refractivity contribution in [3.05, 3.63) is 29.3 Å². The molecule has 0 bridgehead atoms. The lowest BCUT2D eigenvalue weighted by Gasteiger charge is -2.40. The number of carbonyl (C=O) groups excluding carboxylic acids is 2. The number of amides is 2. The van der Waals surface area contributed by atoms with Crippen molar-refractivity contribution in [2.24, 2.45) is 17.8 Å². The van der Waals surface area contributed by atoms with Gasteiger partial charge in [0.2, 0.25) is 11.8 Å². The van der Waals surface area contributed by atoms with Crippen molar-refractivity contribution >= 4 is 17.5 Å². The number of rotatable bonds is 6. The zero-order valence-electron chi connectivity index (χ0n) is 18.5. The van der Waals surface area contributed by atoms with E-state index in [4.69, 9.17) is 0 Å². The Labute approximate surface area is 184 Å². The Hall–Kier alpha value is -2.12. The number of benzene rings is 1. The van der Waals surface area contributed by atoms with Gasteiger partial charge in [-0.1, -0.05) is 25.1 Å². The van der Waals surface area contributed by atoms with E-state index in [2.05, 4.69) is 58.6 Å². The Morgan fingerprint density at radius 3 is 2.58 bits per heavy atom. The largest absolute Gasteiger partial charge is 0.373 e. The molecule has 5 N–H and O–H groups in total. The van der Waals surface area contributed by atoms with E-state index in [0.717, 1.165) is 31.6 Å². The minimum atomic E-state index is -0.203. The molecule has 1 aliphatic carbocycles. The van der Waals surface area contributed by atoms with Gasteiger partial charge in [-0.2, -0.15) is 0 Å². The van der Waals surface area contributed by atoms with Crippen LogP contribution in [-0.4, -0.2) is 55.6 Å². The average Bonchev–Trinajstić information content (AvgIpc) is 3.46. The third-order valence-electron chi connectivity index (χ3n) is 7.61. The summed E-state index contributed by atoms with van der Waals surface area (Å²) in [6, 6.07) is 6.68. The summed E-state index contributed by atoms with van der Waals surface area (Å²) in [4.78, 5) is 25.8. The summed E-state index contributed by atoms with van der Waals surface area (Å²) in [5, 5.41) is 16.8. The fourth-order valence-electron chi connectivity index (χ4n) is 5.48. The molecule has 5 rings (SSSR count). The van der Waals surface area contributed by atoms with Gasteiger partial charge in [-0.15, -0.1) is 0 Å². The third-order valence-corrected chi connectivity index (χ3v) is 7.61. The fourth-order valence-corrected chi connectivity index (χ4v) is 5.48. The van der Waals surface area contributed by atoms with Crippen LogP contribution in [0.3, 0.4) is 0 Å². The molecule has 0 radical (unpaired) electrons. The van der Waals surface area contributed by atoms with E-state index < -0.39 is 0 Å². The van der Waals surface area contributed by atoms with Gasteiger partial charge in [-0.25, -0.2) is 0 Å². The number of hydrogen-bond donors (Lipinski definition) is 5. The Morgan fingerprint density at radius 1 is 1.13 bits per heavy atom. The van der Waals surface area contributed by atoms with Crippen molar-refractivity contribution in [1.82, 2.24) is 21.3 Å². The maximum atomic E-state index is 13.2. The highest BCUT2D eigenvalue weighted by molar-refractivity contribution is 5.88. The van der Waals surface area contributed by atoms with Crippen LogP contribution in [0.1, 0.15) is 37.3 Å². The summed E-state index contributed by atoms with van der Waals surface area (Å²) >= 11 is 0. The zero-order valence-corrected chi connectivity index (χ0v) is 18.5. The first-order valence-electron chi connectivity index (χ1n) is 11.9. The van der Waals surface area contributed by atoms with E-state index >= 15 is 0 Å². The van der Waals surface area contributed by atoms with Crippen molar-refractivity contribution in [3.8, 4) is 0 Å². The normalized spacial score (nSPS) is 31.2. The molecule has 4 aliphatic rings. The molecule has 5 atom stereocenters. The smallest absolute Gasteiger partial charge is 0.243 e. The number of hydrogen-bond acceptors (Lipinski definition) is 5. The highest BCUT2D eigenvalue weighted by Crippen LogP contribution is 2.38. The summed E-state index contributed by atoms with van der Waals surface area (Å²) < 4.78 is 0. The molecule has 7 nitrogen and oxygen atoms in total. The summed E-state index contributed by atoms with van der Waals surface area (Å²) in [7, 11) is 0. The summed E-state index contributed by atoms with van der Waals surface area (Å²) in [6.07, 6.45) is 3.96. The first-order chi connectivity index (χ1) is 15.0. The molecule has 1 aromatic rings. The van der Waals surface area contributed by atoms with E-state index in [1.54, 1.807) is 0 Å². The fraction of sp³-hybridized carbons (Fsp3) is 0.667. The van der Waals surface area contributed by atoms with Crippen LogP contribution in [-0.2, 0) is 16.0 Å². The monoisotopic (exact) mass is 425 g/mol. The van der Waals surface area contributed by atoms with Crippen LogP contribution in [0.4, 0.5) is 5.69 Å². The number of anilines is 1. The number of fused-ring (bicyclic) bond motifs is 1. The number of para-hydroxylation sites is 1. The van der Waals surface area contributed by atoms with E-state index in [9.17, 15) is 9.59 Å². The molecule has 3 aliphatic heterocycles. The van der Waals surface area contributed by atoms with Gasteiger partial charge in [-0.3, -0.25) is 9.59 Å². The minimum Gasteiger partial charge on any atom is -0.373 e. The lowest BCUT2D eigenvalue weighted by molar-refractivity contribution is -0.128. The quantitative estimate of drug-likeness (QED) is 0.468. The second-order valence-electron chi connectivity index (χ2n) is 10.1. The lowest BCUT2D eigenvalue weighted by Crippen LogP contribution is -2.62. The topological polar surface area (TPSA) is 94.3 Å². The molecule has 3 heterocycles. The molecule has 3 fully saturated rings. The molecule has 1 aromatic carbocycles. The van der Waals surface area contributed by atoms with Gasteiger partial charge >= 0.3 is 0 Å². The standard InChI is InChI=1S/C24H35N5O2/c1-13-4-3-5-16-9-19(28-20(13)16)24(31)29-22(15-6-7-15)21-14(2)8-17(10-26-21)23(30)27-18-11-25-12-18/h3-5,14-15,17-19,21-22,25-26,28H,6-12H2,1-2H3,(H,27,30)(H,29,31). The van der Waals surface area contributed by atoms with Crippen LogP contribution >= 0.6 is 0 Å². The predicted octanol–water partition coefficient (Wildman–Crippen LogP) is 0.929. The van der Waals surface area contributed by atoms with Crippen molar-refractivity contribution < 1.29 is 9.59 Å². The van der Waals surface area contributed by atoms with Gasteiger partial charge in [0, 0.05) is 43.8 Å². The molecular formula is C24H35N5O2. The van der Waals surface area contributed by atoms with Gasteiger partial charge in [0.15, 0.2) is 0 Å². The van der Waals surface area contributed by atoms with E-state index in [0.29, 0.717) is 18.4 Å². The maximum absolute atomic E-state index is 13.2. The molecule has 7 heteroatoms. The van der Waals surface area contributed by atoms with Gasteiger partial charge in [0.05, 0.1) is 12.0 Å². The van der Waals surface area contributed by atoms with Crippen LogP contribution in [0, 0.1) is 24.7 Å². The summed E-state index contributed by atoms with van der Waals surface area (Å²) in [5.41, 5.74) is 3.53. The van der Waals surface area contributed by atoms with Gasteiger partial charge in [0.25, 0.3) is 0 Å². The average molecular weight is 426 g/mol. The van der Waals surface area contributed by atoms with Crippen molar-refractivity contribution in [2.45, 2.75) is 63.7 Å². The van der Waals surface area contributed by atoms with Crippen LogP contribution < -0.4 is 26.6 Å². The minimum absolute atomic E-state index is 0.0105. The Bertz CT molecular complexity index is 850. The Balaban J connectivity index is 1.19. The number of nitrogens with one attached hydrogen (secondary N) is 5. The number of aryl methyl sites for hydroxylation is 1. The first-order valence-corrected chi connectivity index (χ1v) is 11.9. The molecule has 2 amide bonds. The predicted molar refractivity (Wildman–Crippen MR) is 121 cm³/mol. The van der Waals surface area contributed by atoms with E-state index in [1.165, 1.54) is 24.0 Å². The Morgan fingerprint density at radius 2 is 1.94 bits per heavy atom. The molecule has 168 valence electrons. The third kappa shape index (κ3) is 4.30. The zero-order chi connectivity index (χ0) is 21.5. The molecule has 31 heavy (non-hydrogen) atoms. The molecule has 5 unspecified atom stereocenters.